The van der Waals surface area contributed by atoms with E-state index in [1.54, 1.807) is 0 Å². The highest BCUT2D eigenvalue weighted by molar-refractivity contribution is 4.80. The summed E-state index contributed by atoms with van der Waals surface area (Å²) in [6.45, 7) is 10.2. The predicted molar refractivity (Wildman–Crippen MR) is 61.8 cm³/mol. The number of rotatable bonds is 3. The minimum atomic E-state index is -0.0743. The summed E-state index contributed by atoms with van der Waals surface area (Å²) in [5.74, 6) is 0.657. The van der Waals surface area contributed by atoms with Crippen LogP contribution in [0.3, 0.4) is 0 Å². The molecule has 0 bridgehead atoms. The van der Waals surface area contributed by atoms with E-state index in [9.17, 15) is 0 Å². The molecule has 2 unspecified atom stereocenters. The van der Waals surface area contributed by atoms with Crippen LogP contribution >= 0.6 is 0 Å². The van der Waals surface area contributed by atoms with Crippen molar-refractivity contribution < 1.29 is 4.74 Å². The van der Waals surface area contributed by atoms with Gasteiger partial charge in [0, 0.05) is 19.5 Å². The number of nitrogens with one attached hydrogen (secondary N) is 1. The first-order valence-electron chi connectivity index (χ1n) is 6.29. The largest absolute Gasteiger partial charge is 0.361 e. The Hall–Kier alpha value is -0.120. The zero-order chi connectivity index (χ0) is 10.7. The van der Waals surface area contributed by atoms with Gasteiger partial charge in [-0.15, -0.1) is 0 Å². The first-order chi connectivity index (χ1) is 7.18. The van der Waals surface area contributed by atoms with Crippen molar-refractivity contribution in [2.75, 3.05) is 32.8 Å². The highest BCUT2D eigenvalue weighted by Gasteiger charge is 2.30. The number of hydrogen-bond donors (Lipinski definition) is 1. The van der Waals surface area contributed by atoms with Crippen LogP contribution < -0.4 is 5.32 Å². The maximum absolute atomic E-state index is 5.90. The van der Waals surface area contributed by atoms with E-state index in [1.807, 2.05) is 0 Å². The molecule has 0 aromatic heterocycles. The van der Waals surface area contributed by atoms with Gasteiger partial charge in [-0.3, -0.25) is 5.32 Å². The first-order valence-corrected chi connectivity index (χ1v) is 6.29. The normalized spacial score (nSPS) is 38.4. The van der Waals surface area contributed by atoms with Gasteiger partial charge in [0.2, 0.25) is 0 Å². The average molecular weight is 212 g/mol. The molecule has 2 atom stereocenters. The molecule has 0 aliphatic carbocycles. The second kappa shape index (κ2) is 4.81. The van der Waals surface area contributed by atoms with E-state index < -0.39 is 0 Å². The molecular weight excluding hydrogens is 188 g/mol. The van der Waals surface area contributed by atoms with Crippen molar-refractivity contribution in [3.05, 3.63) is 0 Å². The zero-order valence-electron chi connectivity index (χ0n) is 10.1. The Morgan fingerprint density at radius 2 is 2.13 bits per heavy atom. The van der Waals surface area contributed by atoms with E-state index in [0.717, 1.165) is 19.6 Å². The standard InChI is InChI=1S/C12H24N2O/c1-11-9-13-12(2,15-10-11)5-8-14-6-3-4-7-14/h11,13H,3-10H2,1-2H3. The maximum atomic E-state index is 5.90. The Kier molecular flexibility index (Phi) is 3.65. The molecule has 2 heterocycles. The van der Waals surface area contributed by atoms with Crippen LogP contribution in [-0.4, -0.2) is 43.4 Å². The highest BCUT2D eigenvalue weighted by Crippen LogP contribution is 2.20. The molecule has 1 N–H and O–H groups in total. The third kappa shape index (κ3) is 3.16. The minimum absolute atomic E-state index is 0.0743. The van der Waals surface area contributed by atoms with Gasteiger partial charge in [0.1, 0.15) is 5.72 Å². The molecule has 3 heteroatoms. The van der Waals surface area contributed by atoms with Crippen LogP contribution in [0, 0.1) is 5.92 Å². The van der Waals surface area contributed by atoms with Crippen LogP contribution in [0.5, 0.6) is 0 Å². The van der Waals surface area contributed by atoms with Crippen LogP contribution in [0.25, 0.3) is 0 Å². The third-order valence-electron chi connectivity index (χ3n) is 3.61. The summed E-state index contributed by atoms with van der Waals surface area (Å²) >= 11 is 0. The number of likely N-dealkylation sites (tertiary alicyclic amines) is 1. The van der Waals surface area contributed by atoms with Gasteiger partial charge < -0.3 is 9.64 Å². The molecule has 0 spiro atoms. The van der Waals surface area contributed by atoms with Crippen LogP contribution in [0.15, 0.2) is 0 Å². The van der Waals surface area contributed by atoms with Crippen molar-refractivity contribution >= 4 is 0 Å². The van der Waals surface area contributed by atoms with Crippen molar-refractivity contribution in [2.45, 2.75) is 38.8 Å². The number of ether oxygens (including phenoxy) is 1. The third-order valence-corrected chi connectivity index (χ3v) is 3.61. The molecule has 0 aromatic carbocycles. The smallest absolute Gasteiger partial charge is 0.117 e. The molecule has 2 aliphatic heterocycles. The Balaban J connectivity index is 1.72. The fourth-order valence-corrected chi connectivity index (χ4v) is 2.36. The lowest BCUT2D eigenvalue weighted by molar-refractivity contribution is -0.108. The topological polar surface area (TPSA) is 24.5 Å². The predicted octanol–water partition coefficient (Wildman–Crippen LogP) is 1.44. The quantitative estimate of drug-likeness (QED) is 0.766. The summed E-state index contributed by atoms with van der Waals surface area (Å²) in [4.78, 5) is 2.55. The van der Waals surface area contributed by atoms with Crippen molar-refractivity contribution in [1.82, 2.24) is 10.2 Å². The van der Waals surface area contributed by atoms with Crippen molar-refractivity contribution in [1.29, 1.82) is 0 Å². The molecule has 3 nitrogen and oxygen atoms in total. The van der Waals surface area contributed by atoms with E-state index >= 15 is 0 Å². The molecule has 0 radical (unpaired) electrons. The molecule has 2 rings (SSSR count). The minimum Gasteiger partial charge on any atom is -0.361 e. The highest BCUT2D eigenvalue weighted by atomic mass is 16.5. The molecule has 0 aromatic rings. The van der Waals surface area contributed by atoms with Gasteiger partial charge in [-0.2, -0.15) is 0 Å². The van der Waals surface area contributed by atoms with Gasteiger partial charge in [0.25, 0.3) is 0 Å². The van der Waals surface area contributed by atoms with Crippen LogP contribution in [-0.2, 0) is 4.74 Å². The van der Waals surface area contributed by atoms with Gasteiger partial charge in [-0.1, -0.05) is 6.92 Å². The van der Waals surface area contributed by atoms with E-state index in [1.165, 1.54) is 32.5 Å². The molecule has 2 aliphatic rings. The monoisotopic (exact) mass is 212 g/mol. The lowest BCUT2D eigenvalue weighted by Gasteiger charge is -2.38. The first kappa shape index (κ1) is 11.4. The van der Waals surface area contributed by atoms with Crippen LogP contribution in [0.4, 0.5) is 0 Å². The van der Waals surface area contributed by atoms with Crippen molar-refractivity contribution in [3.63, 3.8) is 0 Å². The van der Waals surface area contributed by atoms with Crippen molar-refractivity contribution in [3.8, 4) is 0 Å². The van der Waals surface area contributed by atoms with Gasteiger partial charge in [0.05, 0.1) is 6.61 Å². The molecule has 2 saturated heterocycles. The summed E-state index contributed by atoms with van der Waals surface area (Å²) in [6, 6.07) is 0. The number of nitrogens with zero attached hydrogens (tertiary/aromatic N) is 1. The second-order valence-corrected chi connectivity index (χ2v) is 5.33. The van der Waals surface area contributed by atoms with E-state index in [4.69, 9.17) is 4.74 Å². The molecule has 15 heavy (non-hydrogen) atoms. The van der Waals surface area contributed by atoms with Gasteiger partial charge in [-0.25, -0.2) is 0 Å². The zero-order valence-corrected chi connectivity index (χ0v) is 10.1. The average Bonchev–Trinajstić information content (AvgIpc) is 2.73. The van der Waals surface area contributed by atoms with E-state index in [-0.39, 0.29) is 5.72 Å². The fraction of sp³-hybridized carbons (Fsp3) is 1.00. The molecule has 2 fully saturated rings. The molecule has 88 valence electrons. The lowest BCUT2D eigenvalue weighted by atomic mass is 10.1. The van der Waals surface area contributed by atoms with Crippen molar-refractivity contribution in [2.24, 2.45) is 5.92 Å². The second-order valence-electron chi connectivity index (χ2n) is 5.33. The SMILES string of the molecule is CC1CNC(C)(CCN2CCCC2)OC1. The molecule has 0 saturated carbocycles. The Labute approximate surface area is 93.2 Å². The van der Waals surface area contributed by atoms with E-state index in [0.29, 0.717) is 5.92 Å². The summed E-state index contributed by atoms with van der Waals surface area (Å²) in [7, 11) is 0. The Morgan fingerprint density at radius 3 is 2.73 bits per heavy atom. The maximum Gasteiger partial charge on any atom is 0.117 e. The number of hydrogen-bond acceptors (Lipinski definition) is 3. The lowest BCUT2D eigenvalue weighted by Crippen LogP contribution is -2.53. The van der Waals surface area contributed by atoms with Gasteiger partial charge in [-0.05, 0) is 38.8 Å². The summed E-state index contributed by atoms with van der Waals surface area (Å²) in [5.41, 5.74) is -0.0743. The van der Waals surface area contributed by atoms with Gasteiger partial charge in [0.15, 0.2) is 0 Å². The summed E-state index contributed by atoms with van der Waals surface area (Å²) < 4.78 is 5.90. The van der Waals surface area contributed by atoms with Crippen LogP contribution in [0.2, 0.25) is 0 Å². The Bertz CT molecular complexity index is 194. The van der Waals surface area contributed by atoms with Gasteiger partial charge >= 0.3 is 0 Å². The molecule has 0 amide bonds. The summed E-state index contributed by atoms with van der Waals surface area (Å²) in [6.07, 6.45) is 3.86. The van der Waals surface area contributed by atoms with E-state index in [2.05, 4.69) is 24.1 Å². The fourth-order valence-electron chi connectivity index (χ4n) is 2.36. The van der Waals surface area contributed by atoms with Crippen LogP contribution in [0.1, 0.15) is 33.1 Å². The molecular formula is C12H24N2O. The Morgan fingerprint density at radius 1 is 1.40 bits per heavy atom. The summed E-state index contributed by atoms with van der Waals surface area (Å²) in [5, 5.41) is 3.52.